The van der Waals surface area contributed by atoms with Gasteiger partial charge < -0.3 is 24.4 Å². The highest BCUT2D eigenvalue weighted by Gasteiger charge is 2.43. The third kappa shape index (κ3) is 6.32. The van der Waals surface area contributed by atoms with Crippen LogP contribution >= 0.6 is 0 Å². The summed E-state index contributed by atoms with van der Waals surface area (Å²) < 4.78 is 16.1. The summed E-state index contributed by atoms with van der Waals surface area (Å²) in [5, 5.41) is 4.64. The van der Waals surface area contributed by atoms with Gasteiger partial charge in [0.2, 0.25) is 5.91 Å². The van der Waals surface area contributed by atoms with E-state index in [0.29, 0.717) is 35.7 Å². The van der Waals surface area contributed by atoms with Crippen LogP contribution in [-0.4, -0.2) is 51.2 Å². The second kappa shape index (κ2) is 12.6. The number of nitrogens with zero attached hydrogens (tertiary/aromatic N) is 1. The monoisotopic (exact) mass is 497 g/mol. The molecule has 4 amide bonds. The van der Waals surface area contributed by atoms with Crippen LogP contribution in [0.5, 0.6) is 11.5 Å². The number of benzene rings is 2. The molecule has 0 aromatic heterocycles. The molecule has 0 spiro atoms. The summed E-state index contributed by atoms with van der Waals surface area (Å²) in [6, 6.07) is 12.7. The van der Waals surface area contributed by atoms with Crippen LogP contribution in [0.3, 0.4) is 0 Å². The van der Waals surface area contributed by atoms with Crippen molar-refractivity contribution in [1.82, 2.24) is 10.6 Å². The number of para-hydroxylation sites is 1. The first-order valence-corrected chi connectivity index (χ1v) is 11.7. The van der Waals surface area contributed by atoms with Crippen molar-refractivity contribution < 1.29 is 33.4 Å². The Kier molecular flexibility index (Phi) is 9.26. The van der Waals surface area contributed by atoms with E-state index in [1.54, 1.807) is 60.5 Å². The zero-order valence-corrected chi connectivity index (χ0v) is 20.6. The SMILES string of the molecule is CCCNC(=O)NC(=O)COC(=O)C1CCC(=O)N(c2ccc(OC)cc2)C1c1ccccc1OC. The molecule has 10 nitrogen and oxygen atoms in total. The van der Waals surface area contributed by atoms with E-state index in [9.17, 15) is 19.2 Å². The molecule has 2 atom stereocenters. The maximum atomic E-state index is 13.2. The number of imide groups is 1. The van der Waals surface area contributed by atoms with Gasteiger partial charge in [-0.15, -0.1) is 0 Å². The number of nitrogens with one attached hydrogen (secondary N) is 2. The fourth-order valence-corrected chi connectivity index (χ4v) is 4.14. The number of ether oxygens (including phenoxy) is 3. The minimum atomic E-state index is -0.775. The highest BCUT2D eigenvalue weighted by molar-refractivity contribution is 5.98. The molecular formula is C26H31N3O7. The zero-order valence-electron chi connectivity index (χ0n) is 20.6. The van der Waals surface area contributed by atoms with Crippen molar-refractivity contribution in [1.29, 1.82) is 0 Å². The number of piperidine rings is 1. The lowest BCUT2D eigenvalue weighted by Gasteiger charge is -2.40. The quantitative estimate of drug-likeness (QED) is 0.511. The number of amides is 4. The molecule has 1 saturated heterocycles. The van der Waals surface area contributed by atoms with Crippen molar-refractivity contribution in [2.75, 3.05) is 32.3 Å². The van der Waals surface area contributed by atoms with E-state index < -0.39 is 36.5 Å². The van der Waals surface area contributed by atoms with Gasteiger partial charge in [0.15, 0.2) is 6.61 Å². The standard InChI is InChI=1S/C26H31N3O7/c1-4-15-27-26(33)28-22(30)16-36-25(32)20-13-14-23(31)29(17-9-11-18(34-2)12-10-17)24(20)19-7-5-6-8-21(19)35-3/h5-12,20,24H,4,13-16H2,1-3H3,(H2,27,28,30,33). The lowest BCUT2D eigenvalue weighted by Crippen LogP contribution is -2.47. The first-order chi connectivity index (χ1) is 17.4. The summed E-state index contributed by atoms with van der Waals surface area (Å²) in [7, 11) is 3.07. The van der Waals surface area contributed by atoms with Gasteiger partial charge in [0.05, 0.1) is 26.2 Å². The third-order valence-corrected chi connectivity index (χ3v) is 5.84. The van der Waals surface area contributed by atoms with E-state index in [1.165, 1.54) is 7.11 Å². The second-order valence-electron chi connectivity index (χ2n) is 8.21. The van der Waals surface area contributed by atoms with Crippen molar-refractivity contribution in [3.63, 3.8) is 0 Å². The summed E-state index contributed by atoms with van der Waals surface area (Å²) in [4.78, 5) is 51.8. The Morgan fingerprint density at radius 1 is 1.03 bits per heavy atom. The highest BCUT2D eigenvalue weighted by Crippen LogP contribution is 2.43. The number of carbonyl (C=O) groups excluding carboxylic acids is 4. The molecule has 1 heterocycles. The van der Waals surface area contributed by atoms with E-state index in [0.717, 1.165) is 0 Å². The van der Waals surface area contributed by atoms with E-state index >= 15 is 0 Å². The van der Waals surface area contributed by atoms with Crippen molar-refractivity contribution in [2.24, 2.45) is 5.92 Å². The maximum Gasteiger partial charge on any atom is 0.321 e. The van der Waals surface area contributed by atoms with Crippen molar-refractivity contribution in [3.05, 3.63) is 54.1 Å². The second-order valence-corrected chi connectivity index (χ2v) is 8.21. The number of esters is 1. The minimum absolute atomic E-state index is 0.114. The van der Waals surface area contributed by atoms with Gasteiger partial charge in [-0.3, -0.25) is 19.7 Å². The van der Waals surface area contributed by atoms with Gasteiger partial charge >= 0.3 is 12.0 Å². The average Bonchev–Trinajstić information content (AvgIpc) is 2.90. The maximum absolute atomic E-state index is 13.2. The molecular weight excluding hydrogens is 466 g/mol. The first kappa shape index (κ1) is 26.5. The predicted molar refractivity (Wildman–Crippen MR) is 132 cm³/mol. The summed E-state index contributed by atoms with van der Waals surface area (Å²) in [6.45, 7) is 1.67. The highest BCUT2D eigenvalue weighted by atomic mass is 16.5. The van der Waals surface area contributed by atoms with Crippen LogP contribution in [0.25, 0.3) is 0 Å². The molecule has 192 valence electrons. The molecule has 0 saturated carbocycles. The lowest BCUT2D eigenvalue weighted by molar-refractivity contribution is -0.154. The summed E-state index contributed by atoms with van der Waals surface area (Å²) in [5.74, 6) is -1.19. The van der Waals surface area contributed by atoms with Gasteiger partial charge in [0.25, 0.3) is 5.91 Å². The van der Waals surface area contributed by atoms with Crippen LogP contribution in [0.2, 0.25) is 0 Å². The molecule has 1 aliphatic heterocycles. The Balaban J connectivity index is 1.87. The van der Waals surface area contributed by atoms with Crippen molar-refractivity contribution >= 4 is 29.5 Å². The average molecular weight is 498 g/mol. The number of methoxy groups -OCH3 is 2. The number of rotatable bonds is 9. The molecule has 0 bridgehead atoms. The Labute approximate surface area is 209 Å². The topological polar surface area (TPSA) is 123 Å². The zero-order chi connectivity index (χ0) is 26.1. The van der Waals surface area contributed by atoms with Crippen LogP contribution in [0.4, 0.5) is 10.5 Å². The van der Waals surface area contributed by atoms with E-state index in [2.05, 4.69) is 10.6 Å². The largest absolute Gasteiger partial charge is 0.497 e. The number of hydrogen-bond acceptors (Lipinski definition) is 7. The van der Waals surface area contributed by atoms with Gasteiger partial charge in [-0.25, -0.2) is 4.79 Å². The van der Waals surface area contributed by atoms with Crippen LogP contribution in [-0.2, 0) is 19.1 Å². The van der Waals surface area contributed by atoms with Crippen molar-refractivity contribution in [2.45, 2.75) is 32.2 Å². The molecule has 0 radical (unpaired) electrons. The summed E-state index contributed by atoms with van der Waals surface area (Å²) in [5.41, 5.74) is 1.22. The molecule has 2 aromatic rings. The Bertz CT molecular complexity index is 1090. The number of anilines is 1. The Hall–Kier alpha value is -4.08. The number of hydrogen-bond donors (Lipinski definition) is 2. The lowest BCUT2D eigenvalue weighted by atomic mass is 9.83. The third-order valence-electron chi connectivity index (χ3n) is 5.84. The molecule has 2 unspecified atom stereocenters. The molecule has 10 heteroatoms. The fourth-order valence-electron chi connectivity index (χ4n) is 4.14. The van der Waals surface area contributed by atoms with E-state index in [-0.39, 0.29) is 18.7 Å². The van der Waals surface area contributed by atoms with Gasteiger partial charge in [-0.1, -0.05) is 25.1 Å². The van der Waals surface area contributed by atoms with E-state index in [4.69, 9.17) is 14.2 Å². The molecule has 3 rings (SSSR count). The molecule has 2 N–H and O–H groups in total. The predicted octanol–water partition coefficient (Wildman–Crippen LogP) is 2.97. The minimum Gasteiger partial charge on any atom is -0.497 e. The van der Waals surface area contributed by atoms with Crippen LogP contribution < -0.4 is 25.0 Å². The van der Waals surface area contributed by atoms with Gasteiger partial charge in [-0.2, -0.15) is 0 Å². The Morgan fingerprint density at radius 3 is 2.42 bits per heavy atom. The Morgan fingerprint density at radius 2 is 1.75 bits per heavy atom. The molecule has 1 fully saturated rings. The van der Waals surface area contributed by atoms with Crippen molar-refractivity contribution in [3.8, 4) is 11.5 Å². The van der Waals surface area contributed by atoms with E-state index in [1.807, 2.05) is 6.92 Å². The number of urea groups is 1. The molecule has 36 heavy (non-hydrogen) atoms. The fraction of sp³-hybridized carbons (Fsp3) is 0.385. The molecule has 1 aliphatic rings. The molecule has 2 aromatic carbocycles. The summed E-state index contributed by atoms with van der Waals surface area (Å²) in [6.07, 6.45) is 1.06. The van der Waals surface area contributed by atoms with Gasteiger partial charge in [-0.05, 0) is 43.2 Å². The molecule has 0 aliphatic carbocycles. The van der Waals surface area contributed by atoms with Gasteiger partial charge in [0, 0.05) is 24.2 Å². The van der Waals surface area contributed by atoms with Crippen LogP contribution in [0, 0.1) is 5.92 Å². The normalized spacial score (nSPS) is 17.2. The number of carbonyl (C=O) groups is 4. The van der Waals surface area contributed by atoms with Crippen LogP contribution in [0.1, 0.15) is 37.8 Å². The summed E-state index contributed by atoms with van der Waals surface area (Å²) >= 11 is 0. The smallest absolute Gasteiger partial charge is 0.321 e. The van der Waals surface area contributed by atoms with Gasteiger partial charge in [0.1, 0.15) is 11.5 Å². The van der Waals surface area contributed by atoms with Crippen LogP contribution in [0.15, 0.2) is 48.5 Å². The first-order valence-electron chi connectivity index (χ1n) is 11.7.